The largest absolute Gasteiger partial charge is 0.438 e. The van der Waals surface area contributed by atoms with E-state index in [1.807, 2.05) is 24.3 Å². The van der Waals surface area contributed by atoms with Crippen molar-refractivity contribution in [1.82, 2.24) is 4.90 Å². The van der Waals surface area contributed by atoms with Crippen LogP contribution in [0.15, 0.2) is 48.5 Å². The predicted molar refractivity (Wildman–Crippen MR) is 94.2 cm³/mol. The molecule has 1 amide bonds. The van der Waals surface area contributed by atoms with Gasteiger partial charge in [-0.2, -0.15) is 13.2 Å². The van der Waals surface area contributed by atoms with Crippen LogP contribution in [0.4, 0.5) is 23.7 Å². The van der Waals surface area contributed by atoms with Gasteiger partial charge < -0.3 is 4.74 Å². The predicted octanol–water partition coefficient (Wildman–Crippen LogP) is 4.76. The van der Waals surface area contributed by atoms with Gasteiger partial charge in [-0.3, -0.25) is 10.2 Å². The molecule has 0 saturated carbocycles. The van der Waals surface area contributed by atoms with Crippen molar-refractivity contribution in [2.75, 3.05) is 18.4 Å². The van der Waals surface area contributed by atoms with Crippen molar-refractivity contribution in [3.8, 4) is 0 Å². The van der Waals surface area contributed by atoms with Crippen molar-refractivity contribution >= 4 is 11.8 Å². The number of nitrogens with one attached hydrogen (secondary N) is 1. The Bertz CT molecular complexity index is 841. The van der Waals surface area contributed by atoms with Crippen LogP contribution in [0, 0.1) is 0 Å². The number of benzene rings is 2. The van der Waals surface area contributed by atoms with Crippen molar-refractivity contribution in [2.24, 2.45) is 0 Å². The molecule has 27 heavy (non-hydrogen) atoms. The monoisotopic (exact) mass is 376 g/mol. The summed E-state index contributed by atoms with van der Waals surface area (Å²) in [5.74, 6) is 0. The number of hydrogen-bond acceptors (Lipinski definition) is 3. The number of halogens is 3. The van der Waals surface area contributed by atoms with Crippen molar-refractivity contribution in [1.29, 1.82) is 0 Å². The zero-order chi connectivity index (χ0) is 19.1. The van der Waals surface area contributed by atoms with Gasteiger partial charge in [0.1, 0.15) is 5.60 Å². The zero-order valence-corrected chi connectivity index (χ0v) is 14.6. The smallest absolute Gasteiger partial charge is 0.416 e. The van der Waals surface area contributed by atoms with Crippen LogP contribution < -0.4 is 5.32 Å². The third kappa shape index (κ3) is 3.51. The van der Waals surface area contributed by atoms with E-state index in [9.17, 15) is 18.0 Å². The van der Waals surface area contributed by atoms with E-state index in [1.54, 1.807) is 0 Å². The van der Waals surface area contributed by atoms with Gasteiger partial charge in [-0.25, -0.2) is 4.79 Å². The lowest BCUT2D eigenvalue weighted by molar-refractivity contribution is -0.137. The molecule has 1 spiro atoms. The molecule has 2 heterocycles. The highest BCUT2D eigenvalue weighted by atomic mass is 19.4. The maximum absolute atomic E-state index is 12.7. The summed E-state index contributed by atoms with van der Waals surface area (Å²) in [4.78, 5) is 14.1. The molecule has 4 nitrogen and oxygen atoms in total. The molecule has 2 aromatic rings. The fraction of sp³-hybridized carbons (Fsp3) is 0.350. The summed E-state index contributed by atoms with van der Waals surface area (Å²) < 4.78 is 43.7. The van der Waals surface area contributed by atoms with E-state index in [2.05, 4.69) is 10.2 Å². The molecule has 0 radical (unpaired) electrons. The Hall–Kier alpha value is -2.54. The maximum Gasteiger partial charge on any atom is 0.416 e. The van der Waals surface area contributed by atoms with E-state index in [0.717, 1.165) is 28.9 Å². The second-order valence-electron chi connectivity index (χ2n) is 7.03. The lowest BCUT2D eigenvalue weighted by Crippen LogP contribution is -2.48. The van der Waals surface area contributed by atoms with Crippen molar-refractivity contribution in [2.45, 2.75) is 31.2 Å². The molecule has 0 unspecified atom stereocenters. The Labute approximate surface area is 154 Å². The molecule has 0 bridgehead atoms. The first-order chi connectivity index (χ1) is 12.9. The quantitative estimate of drug-likeness (QED) is 0.822. The number of fused-ring (bicyclic) bond motifs is 2. The van der Waals surface area contributed by atoms with E-state index in [1.165, 1.54) is 12.1 Å². The zero-order valence-electron chi connectivity index (χ0n) is 14.6. The van der Waals surface area contributed by atoms with Gasteiger partial charge in [-0.05, 0) is 23.8 Å². The molecule has 1 saturated heterocycles. The van der Waals surface area contributed by atoms with Gasteiger partial charge in [0.05, 0.1) is 11.3 Å². The van der Waals surface area contributed by atoms with Crippen LogP contribution in [0.5, 0.6) is 0 Å². The second-order valence-corrected chi connectivity index (χ2v) is 7.03. The van der Waals surface area contributed by atoms with Crippen LogP contribution in [0.1, 0.15) is 29.5 Å². The van der Waals surface area contributed by atoms with Gasteiger partial charge in [0, 0.05) is 38.0 Å². The van der Waals surface area contributed by atoms with Crippen molar-refractivity contribution in [3.63, 3.8) is 0 Å². The number of ether oxygens (including phenoxy) is 1. The first kappa shape index (κ1) is 17.9. The third-order valence-electron chi connectivity index (χ3n) is 5.29. The minimum absolute atomic E-state index is 0.440. The van der Waals surface area contributed by atoms with Crippen LogP contribution in [-0.4, -0.2) is 24.1 Å². The highest BCUT2D eigenvalue weighted by molar-refractivity contribution is 5.88. The van der Waals surface area contributed by atoms with E-state index in [-0.39, 0.29) is 0 Å². The number of anilines is 1. The number of likely N-dealkylation sites (tertiary alicyclic amines) is 1. The maximum atomic E-state index is 12.7. The molecule has 2 aromatic carbocycles. The first-order valence-corrected chi connectivity index (χ1v) is 8.84. The molecular formula is C20H19F3N2O2. The number of hydrogen-bond donors (Lipinski definition) is 1. The molecule has 7 heteroatoms. The fourth-order valence-corrected chi connectivity index (χ4v) is 3.86. The van der Waals surface area contributed by atoms with Gasteiger partial charge in [-0.15, -0.1) is 0 Å². The van der Waals surface area contributed by atoms with Gasteiger partial charge in [0.25, 0.3) is 0 Å². The Balaban J connectivity index is 1.44. The number of para-hydroxylation sites is 1. The third-order valence-corrected chi connectivity index (χ3v) is 5.29. The molecular weight excluding hydrogens is 357 g/mol. The molecule has 1 N–H and O–H groups in total. The topological polar surface area (TPSA) is 41.6 Å². The summed E-state index contributed by atoms with van der Waals surface area (Å²) in [5.41, 5.74) is 1.34. The first-order valence-electron chi connectivity index (χ1n) is 8.84. The van der Waals surface area contributed by atoms with Crippen LogP contribution in [0.2, 0.25) is 0 Å². The number of nitrogens with zero attached hydrogens (tertiary/aromatic N) is 1. The number of alkyl halides is 3. The van der Waals surface area contributed by atoms with Gasteiger partial charge in [0.2, 0.25) is 0 Å². The van der Waals surface area contributed by atoms with Crippen LogP contribution in [-0.2, 0) is 23.1 Å². The summed E-state index contributed by atoms with van der Waals surface area (Å²) in [5, 5.41) is 2.73. The highest BCUT2D eigenvalue weighted by Gasteiger charge is 2.44. The second kappa shape index (κ2) is 6.56. The van der Waals surface area contributed by atoms with Crippen LogP contribution in [0.3, 0.4) is 0 Å². The SMILES string of the molecule is O=C1Nc2ccccc2C2(CCN(Cc3ccc(C(F)(F)F)cc3)CC2)O1. The Morgan fingerprint density at radius 1 is 1.04 bits per heavy atom. The standard InChI is InChI=1S/C20H19F3N2O2/c21-20(22,23)15-7-5-14(6-8-15)13-25-11-9-19(10-12-25)16-3-1-2-4-17(16)24-18(26)27-19/h1-8H,9-13H2,(H,24,26). The molecule has 2 aliphatic rings. The van der Waals surface area contributed by atoms with E-state index < -0.39 is 23.4 Å². The lowest BCUT2D eigenvalue weighted by atomic mass is 9.82. The normalized spacial score (nSPS) is 19.3. The van der Waals surface area contributed by atoms with Crippen LogP contribution in [0.25, 0.3) is 0 Å². The number of carbonyl (C=O) groups is 1. The molecule has 4 rings (SSSR count). The fourth-order valence-electron chi connectivity index (χ4n) is 3.86. The van der Waals surface area contributed by atoms with Gasteiger partial charge in [0.15, 0.2) is 0 Å². The Morgan fingerprint density at radius 3 is 2.37 bits per heavy atom. The summed E-state index contributed by atoms with van der Waals surface area (Å²) >= 11 is 0. The van der Waals surface area contributed by atoms with Crippen LogP contribution >= 0.6 is 0 Å². The summed E-state index contributed by atoms with van der Waals surface area (Å²) in [6.07, 6.45) is -3.46. The molecule has 2 aliphatic heterocycles. The highest BCUT2D eigenvalue weighted by Crippen LogP contribution is 2.43. The average Bonchev–Trinajstić information content (AvgIpc) is 2.63. The number of amides is 1. The molecule has 0 aromatic heterocycles. The van der Waals surface area contributed by atoms with Crippen molar-refractivity contribution < 1.29 is 22.7 Å². The van der Waals surface area contributed by atoms with Gasteiger partial charge in [-0.1, -0.05) is 30.3 Å². The van der Waals surface area contributed by atoms with E-state index >= 15 is 0 Å². The van der Waals surface area contributed by atoms with E-state index in [4.69, 9.17) is 4.74 Å². The molecule has 0 atom stereocenters. The number of rotatable bonds is 2. The number of piperidine rings is 1. The summed E-state index contributed by atoms with van der Waals surface area (Å²) in [6, 6.07) is 12.9. The Morgan fingerprint density at radius 2 is 1.70 bits per heavy atom. The molecule has 1 fully saturated rings. The minimum atomic E-state index is -4.32. The molecule has 142 valence electrons. The summed E-state index contributed by atoms with van der Waals surface area (Å²) in [7, 11) is 0. The Kier molecular flexibility index (Phi) is 4.34. The van der Waals surface area contributed by atoms with E-state index in [0.29, 0.717) is 32.5 Å². The molecule has 0 aliphatic carbocycles. The minimum Gasteiger partial charge on any atom is -0.438 e. The number of carbonyl (C=O) groups excluding carboxylic acids is 1. The van der Waals surface area contributed by atoms with Gasteiger partial charge >= 0.3 is 12.3 Å². The average molecular weight is 376 g/mol. The lowest BCUT2D eigenvalue weighted by Gasteiger charge is -2.44. The summed E-state index contributed by atoms with van der Waals surface area (Å²) in [6.45, 7) is 1.97. The van der Waals surface area contributed by atoms with Crippen molar-refractivity contribution in [3.05, 3.63) is 65.2 Å².